The largest absolute Gasteiger partial charge is 0.488 e. The van der Waals surface area contributed by atoms with Crippen LogP contribution in [-0.2, 0) is 6.42 Å². The predicted molar refractivity (Wildman–Crippen MR) is 80.5 cm³/mol. The molecule has 0 radical (unpaired) electrons. The van der Waals surface area contributed by atoms with Crippen molar-refractivity contribution in [2.75, 3.05) is 13.2 Å². The van der Waals surface area contributed by atoms with Crippen molar-refractivity contribution in [3.8, 4) is 5.75 Å². The number of ether oxygens (including phenoxy) is 1. The van der Waals surface area contributed by atoms with Crippen LogP contribution in [0.1, 0.15) is 37.7 Å². The standard InChI is InChI=1S/C16H22ClNO2/c17-13-4-5-15-12(8-13)9-14(20-15)10-18-16(11-19)6-2-1-3-7-16/h4-5,8,14,18-19H,1-3,6-7,9-11H2. The topological polar surface area (TPSA) is 41.5 Å². The van der Waals surface area contributed by atoms with E-state index in [1.54, 1.807) is 0 Å². The van der Waals surface area contributed by atoms with Gasteiger partial charge in [-0.1, -0.05) is 30.9 Å². The van der Waals surface area contributed by atoms with Crippen molar-refractivity contribution >= 4 is 11.6 Å². The molecule has 0 bridgehead atoms. The summed E-state index contributed by atoms with van der Waals surface area (Å²) in [5, 5.41) is 14.0. The van der Waals surface area contributed by atoms with Gasteiger partial charge >= 0.3 is 0 Å². The van der Waals surface area contributed by atoms with Gasteiger partial charge in [0, 0.05) is 23.5 Å². The summed E-state index contributed by atoms with van der Waals surface area (Å²) >= 11 is 6.01. The lowest BCUT2D eigenvalue weighted by molar-refractivity contribution is 0.105. The summed E-state index contributed by atoms with van der Waals surface area (Å²) in [6.45, 7) is 1.01. The van der Waals surface area contributed by atoms with Crippen LogP contribution in [0.2, 0.25) is 5.02 Å². The molecule has 1 heterocycles. The average Bonchev–Trinajstić information content (AvgIpc) is 2.88. The van der Waals surface area contributed by atoms with Gasteiger partial charge in [-0.25, -0.2) is 0 Å². The molecule has 0 saturated heterocycles. The van der Waals surface area contributed by atoms with Gasteiger partial charge in [-0.15, -0.1) is 0 Å². The smallest absolute Gasteiger partial charge is 0.123 e. The minimum absolute atomic E-state index is 0.0893. The second-order valence-electron chi connectivity index (χ2n) is 6.08. The highest BCUT2D eigenvalue weighted by Gasteiger charge is 2.32. The number of hydrogen-bond acceptors (Lipinski definition) is 3. The first-order valence-corrected chi connectivity index (χ1v) is 7.90. The molecule has 3 nitrogen and oxygen atoms in total. The third kappa shape index (κ3) is 2.95. The molecule has 0 amide bonds. The van der Waals surface area contributed by atoms with E-state index in [0.717, 1.165) is 36.6 Å². The van der Waals surface area contributed by atoms with Crippen LogP contribution in [0, 0.1) is 0 Å². The van der Waals surface area contributed by atoms with E-state index in [1.807, 2.05) is 18.2 Å². The van der Waals surface area contributed by atoms with Crippen LogP contribution in [-0.4, -0.2) is 29.9 Å². The van der Waals surface area contributed by atoms with E-state index in [0.29, 0.717) is 0 Å². The molecule has 2 N–H and O–H groups in total. The lowest BCUT2D eigenvalue weighted by Crippen LogP contribution is -2.52. The maximum atomic E-state index is 9.70. The zero-order valence-electron chi connectivity index (χ0n) is 11.7. The third-order valence-corrected chi connectivity index (χ3v) is 4.82. The van der Waals surface area contributed by atoms with Crippen LogP contribution in [0.3, 0.4) is 0 Å². The number of aliphatic hydroxyl groups excluding tert-OH is 1. The van der Waals surface area contributed by atoms with E-state index in [2.05, 4.69) is 5.32 Å². The summed E-state index contributed by atoms with van der Waals surface area (Å²) in [6.07, 6.45) is 6.86. The van der Waals surface area contributed by atoms with Gasteiger partial charge in [0.05, 0.1) is 6.61 Å². The second kappa shape index (κ2) is 5.92. The molecule has 0 aromatic heterocycles. The molecule has 20 heavy (non-hydrogen) atoms. The Labute approximate surface area is 125 Å². The zero-order valence-corrected chi connectivity index (χ0v) is 12.5. The molecule has 1 aliphatic heterocycles. The first kappa shape index (κ1) is 14.2. The number of benzene rings is 1. The van der Waals surface area contributed by atoms with Gasteiger partial charge in [0.15, 0.2) is 0 Å². The minimum atomic E-state index is -0.0893. The molecular formula is C16H22ClNO2. The molecule has 1 unspecified atom stereocenters. The quantitative estimate of drug-likeness (QED) is 0.897. The van der Waals surface area contributed by atoms with Crippen molar-refractivity contribution < 1.29 is 9.84 Å². The van der Waals surface area contributed by atoms with E-state index < -0.39 is 0 Å². The van der Waals surface area contributed by atoms with E-state index in [-0.39, 0.29) is 18.2 Å². The number of nitrogens with one attached hydrogen (secondary N) is 1. The Morgan fingerprint density at radius 1 is 1.30 bits per heavy atom. The molecule has 110 valence electrons. The highest BCUT2D eigenvalue weighted by molar-refractivity contribution is 6.30. The molecular weight excluding hydrogens is 274 g/mol. The molecule has 1 saturated carbocycles. The van der Waals surface area contributed by atoms with Crippen molar-refractivity contribution in [1.29, 1.82) is 0 Å². The average molecular weight is 296 g/mol. The Kier molecular flexibility index (Phi) is 4.20. The Morgan fingerprint density at radius 2 is 2.10 bits per heavy atom. The van der Waals surface area contributed by atoms with Gasteiger partial charge in [-0.05, 0) is 36.6 Å². The van der Waals surface area contributed by atoms with Crippen molar-refractivity contribution in [1.82, 2.24) is 5.32 Å². The van der Waals surface area contributed by atoms with Gasteiger partial charge in [0.1, 0.15) is 11.9 Å². The summed E-state index contributed by atoms with van der Waals surface area (Å²) < 4.78 is 5.94. The monoisotopic (exact) mass is 295 g/mol. The first-order valence-electron chi connectivity index (χ1n) is 7.52. The van der Waals surface area contributed by atoms with Crippen LogP contribution in [0.5, 0.6) is 5.75 Å². The molecule has 1 atom stereocenters. The van der Waals surface area contributed by atoms with Crippen LogP contribution >= 0.6 is 11.6 Å². The van der Waals surface area contributed by atoms with Crippen LogP contribution in [0.25, 0.3) is 0 Å². The minimum Gasteiger partial charge on any atom is -0.488 e. The van der Waals surface area contributed by atoms with Gasteiger partial charge in [0.2, 0.25) is 0 Å². The lowest BCUT2D eigenvalue weighted by atomic mass is 9.82. The molecule has 3 rings (SSSR count). The highest BCUT2D eigenvalue weighted by atomic mass is 35.5. The first-order chi connectivity index (χ1) is 9.71. The molecule has 2 aliphatic rings. The van der Waals surface area contributed by atoms with Crippen molar-refractivity contribution in [3.63, 3.8) is 0 Å². The fourth-order valence-corrected chi connectivity index (χ4v) is 3.55. The van der Waals surface area contributed by atoms with Crippen LogP contribution < -0.4 is 10.1 Å². The third-order valence-electron chi connectivity index (χ3n) is 4.58. The number of rotatable bonds is 4. The zero-order chi connectivity index (χ0) is 14.0. The normalized spacial score (nSPS) is 24.2. The molecule has 1 aromatic carbocycles. The van der Waals surface area contributed by atoms with Gasteiger partial charge in [-0.3, -0.25) is 0 Å². The Morgan fingerprint density at radius 3 is 2.85 bits per heavy atom. The predicted octanol–water partition coefficient (Wildman–Crippen LogP) is 2.93. The number of halogens is 1. The molecule has 1 fully saturated rings. The van der Waals surface area contributed by atoms with Crippen LogP contribution in [0.15, 0.2) is 18.2 Å². The second-order valence-corrected chi connectivity index (χ2v) is 6.51. The van der Waals surface area contributed by atoms with Crippen molar-refractivity contribution in [2.24, 2.45) is 0 Å². The molecule has 1 aromatic rings. The number of aliphatic hydroxyl groups is 1. The van der Waals surface area contributed by atoms with E-state index >= 15 is 0 Å². The lowest BCUT2D eigenvalue weighted by Gasteiger charge is -2.37. The van der Waals surface area contributed by atoms with Gasteiger partial charge in [-0.2, -0.15) is 0 Å². The van der Waals surface area contributed by atoms with E-state index in [4.69, 9.17) is 16.3 Å². The molecule has 1 aliphatic carbocycles. The summed E-state index contributed by atoms with van der Waals surface area (Å²) in [5.74, 6) is 0.947. The van der Waals surface area contributed by atoms with Gasteiger partial charge in [0.25, 0.3) is 0 Å². The number of fused-ring (bicyclic) bond motifs is 1. The summed E-state index contributed by atoms with van der Waals surface area (Å²) in [4.78, 5) is 0. The Hall–Kier alpha value is -0.770. The highest BCUT2D eigenvalue weighted by Crippen LogP contribution is 2.32. The van der Waals surface area contributed by atoms with E-state index in [9.17, 15) is 5.11 Å². The van der Waals surface area contributed by atoms with Crippen LogP contribution in [0.4, 0.5) is 0 Å². The fourth-order valence-electron chi connectivity index (χ4n) is 3.35. The summed E-state index contributed by atoms with van der Waals surface area (Å²) in [5.41, 5.74) is 1.10. The summed E-state index contributed by atoms with van der Waals surface area (Å²) in [7, 11) is 0. The Bertz CT molecular complexity index is 472. The maximum Gasteiger partial charge on any atom is 0.123 e. The SMILES string of the molecule is OCC1(NCC2Cc3cc(Cl)ccc3O2)CCCCC1. The molecule has 4 heteroatoms. The molecule has 0 spiro atoms. The summed E-state index contributed by atoms with van der Waals surface area (Å²) in [6, 6.07) is 5.80. The maximum absolute atomic E-state index is 9.70. The van der Waals surface area contributed by atoms with Gasteiger partial charge < -0.3 is 15.2 Å². The Balaban J connectivity index is 1.57. The fraction of sp³-hybridized carbons (Fsp3) is 0.625. The van der Waals surface area contributed by atoms with Crippen molar-refractivity contribution in [2.45, 2.75) is 50.2 Å². The van der Waals surface area contributed by atoms with Crippen molar-refractivity contribution in [3.05, 3.63) is 28.8 Å². The van der Waals surface area contributed by atoms with E-state index in [1.165, 1.54) is 24.8 Å². The number of hydrogen-bond donors (Lipinski definition) is 2.